The number of thiophene rings is 1. The van der Waals surface area contributed by atoms with Gasteiger partial charge in [-0.05, 0) is 51.1 Å². The first-order valence-electron chi connectivity index (χ1n) is 9.09. The summed E-state index contributed by atoms with van der Waals surface area (Å²) in [5.41, 5.74) is 0.547. The van der Waals surface area contributed by atoms with Crippen molar-refractivity contribution in [1.82, 2.24) is 14.9 Å². The molecule has 0 bridgehead atoms. The molecule has 9 heteroatoms. The average molecular weight is 466 g/mol. The summed E-state index contributed by atoms with van der Waals surface area (Å²) in [5, 5.41) is 0.385. The van der Waals surface area contributed by atoms with E-state index in [-0.39, 0.29) is 0 Å². The molecular weight excluding hydrogens is 445 g/mol. The van der Waals surface area contributed by atoms with Crippen LogP contribution in [0, 0.1) is 5.95 Å². The molecule has 0 aliphatic carbocycles. The maximum atomic E-state index is 14.4. The first-order chi connectivity index (χ1) is 14.1. The molecule has 0 radical (unpaired) electrons. The highest BCUT2D eigenvalue weighted by atomic mass is 35.5. The minimum absolute atomic E-state index is 0.339. The lowest BCUT2D eigenvalue weighted by atomic mass is 10.1. The van der Waals surface area contributed by atoms with Gasteiger partial charge in [0, 0.05) is 40.3 Å². The Hall–Kier alpha value is -2.16. The summed E-state index contributed by atoms with van der Waals surface area (Å²) in [4.78, 5) is 23.4. The van der Waals surface area contributed by atoms with E-state index < -0.39 is 17.6 Å². The maximum absolute atomic E-state index is 14.4. The van der Waals surface area contributed by atoms with Crippen LogP contribution in [0.3, 0.4) is 0 Å². The van der Waals surface area contributed by atoms with Gasteiger partial charge in [0.1, 0.15) is 10.8 Å². The summed E-state index contributed by atoms with van der Waals surface area (Å²) >= 11 is 8.95. The number of carbonyl (C=O) groups is 1. The highest BCUT2D eigenvalue weighted by Crippen LogP contribution is 2.43. The van der Waals surface area contributed by atoms with Gasteiger partial charge in [0.25, 0.3) is 0 Å². The van der Waals surface area contributed by atoms with Crippen LogP contribution >= 0.6 is 34.7 Å². The number of amides is 1. The molecule has 0 fully saturated rings. The van der Waals surface area contributed by atoms with E-state index in [1.807, 2.05) is 32.9 Å². The Morgan fingerprint density at radius 3 is 2.67 bits per heavy atom. The van der Waals surface area contributed by atoms with E-state index >= 15 is 0 Å². The van der Waals surface area contributed by atoms with Crippen LogP contribution in [0.1, 0.15) is 25.6 Å². The molecule has 3 aromatic rings. The highest BCUT2D eigenvalue weighted by molar-refractivity contribution is 8.01. The number of ether oxygens (including phenoxy) is 1. The predicted molar refractivity (Wildman–Crippen MR) is 119 cm³/mol. The summed E-state index contributed by atoms with van der Waals surface area (Å²) in [7, 11) is 1.67. The third kappa shape index (κ3) is 5.93. The second-order valence-electron chi connectivity index (χ2n) is 7.51. The zero-order valence-electron chi connectivity index (χ0n) is 17.0. The number of nitrogens with zero attached hydrogens (tertiary/aromatic N) is 3. The predicted octanol–water partition coefficient (Wildman–Crippen LogP) is 6.52. The van der Waals surface area contributed by atoms with Crippen molar-refractivity contribution in [3.8, 4) is 11.1 Å². The van der Waals surface area contributed by atoms with Gasteiger partial charge in [-0.2, -0.15) is 4.39 Å². The molecular formula is C21H21ClFN3O2S2. The molecule has 0 spiro atoms. The molecule has 0 aliphatic heterocycles. The van der Waals surface area contributed by atoms with Crippen LogP contribution in [-0.4, -0.2) is 33.6 Å². The minimum atomic E-state index is -0.577. The van der Waals surface area contributed by atoms with E-state index in [1.165, 1.54) is 34.2 Å². The van der Waals surface area contributed by atoms with Crippen LogP contribution in [-0.2, 0) is 11.3 Å². The van der Waals surface area contributed by atoms with Crippen LogP contribution in [0.5, 0.6) is 0 Å². The molecule has 5 nitrogen and oxygen atoms in total. The standard InChI is InChI=1S/C21H21ClFN3O2S2/c1-21(2,3)28-20(27)26(4)12-14-10-16(15-6-5-8-25-18(15)23)19(30-14)29-13-7-9-24-17(22)11-13/h5-11H,12H2,1-4H3. The molecule has 30 heavy (non-hydrogen) atoms. The minimum Gasteiger partial charge on any atom is -0.444 e. The molecule has 158 valence electrons. The average Bonchev–Trinajstić information content (AvgIpc) is 3.02. The van der Waals surface area contributed by atoms with E-state index in [4.69, 9.17) is 16.3 Å². The van der Waals surface area contributed by atoms with Gasteiger partial charge >= 0.3 is 6.09 Å². The van der Waals surface area contributed by atoms with Gasteiger partial charge in [-0.1, -0.05) is 23.4 Å². The van der Waals surface area contributed by atoms with E-state index in [2.05, 4.69) is 9.97 Å². The van der Waals surface area contributed by atoms with E-state index in [0.717, 1.165) is 19.5 Å². The number of aromatic nitrogens is 2. The molecule has 0 aliphatic rings. The Labute approximate surface area is 188 Å². The van der Waals surface area contributed by atoms with Crippen molar-refractivity contribution in [2.24, 2.45) is 0 Å². The topological polar surface area (TPSA) is 55.3 Å². The van der Waals surface area contributed by atoms with E-state index in [9.17, 15) is 9.18 Å². The van der Waals surface area contributed by atoms with Gasteiger partial charge < -0.3 is 9.64 Å². The van der Waals surface area contributed by atoms with Gasteiger partial charge in [0.15, 0.2) is 0 Å². The lowest BCUT2D eigenvalue weighted by molar-refractivity contribution is 0.0287. The first kappa shape index (κ1) is 22.5. The van der Waals surface area contributed by atoms with Crippen LogP contribution in [0.15, 0.2) is 51.8 Å². The monoisotopic (exact) mass is 465 g/mol. The SMILES string of the molecule is CN(Cc1cc(-c2cccnc2F)c(Sc2ccnc(Cl)c2)s1)C(=O)OC(C)(C)C. The molecule has 3 rings (SSSR count). The fourth-order valence-electron chi connectivity index (χ4n) is 2.55. The number of halogens is 2. The first-order valence-corrected chi connectivity index (χ1v) is 11.1. The molecule has 0 unspecified atom stereocenters. The normalized spacial score (nSPS) is 11.4. The Morgan fingerprint density at radius 1 is 1.23 bits per heavy atom. The van der Waals surface area contributed by atoms with Crippen LogP contribution in [0.2, 0.25) is 5.15 Å². The van der Waals surface area contributed by atoms with Gasteiger partial charge in [0.2, 0.25) is 5.95 Å². The number of pyridine rings is 2. The van der Waals surface area contributed by atoms with Gasteiger partial charge in [-0.15, -0.1) is 11.3 Å². The third-order valence-electron chi connectivity index (χ3n) is 3.81. The third-order valence-corrected chi connectivity index (χ3v) is 6.32. The summed E-state index contributed by atoms with van der Waals surface area (Å²) in [6.07, 6.45) is 2.62. The highest BCUT2D eigenvalue weighted by Gasteiger charge is 2.22. The van der Waals surface area contributed by atoms with Crippen LogP contribution in [0.25, 0.3) is 11.1 Å². The van der Waals surface area contributed by atoms with Crippen molar-refractivity contribution in [2.45, 2.75) is 42.0 Å². The largest absolute Gasteiger partial charge is 0.444 e. The van der Waals surface area contributed by atoms with Crippen molar-refractivity contribution in [3.63, 3.8) is 0 Å². The van der Waals surface area contributed by atoms with Gasteiger partial charge in [-0.3, -0.25) is 0 Å². The van der Waals surface area contributed by atoms with E-state index in [0.29, 0.717) is 17.3 Å². The van der Waals surface area contributed by atoms with Gasteiger partial charge in [0.05, 0.1) is 10.8 Å². The van der Waals surface area contributed by atoms with Crippen molar-refractivity contribution >= 4 is 40.8 Å². The van der Waals surface area contributed by atoms with Crippen LogP contribution < -0.4 is 0 Å². The van der Waals surface area contributed by atoms with Crippen molar-refractivity contribution in [2.75, 3.05) is 7.05 Å². The second-order valence-corrected chi connectivity index (χ2v) is 10.4. The maximum Gasteiger partial charge on any atom is 0.410 e. The Bertz CT molecular complexity index is 1050. The molecule has 3 heterocycles. The lowest BCUT2D eigenvalue weighted by Crippen LogP contribution is -2.33. The summed E-state index contributed by atoms with van der Waals surface area (Å²) in [6, 6.07) is 8.86. The quantitative estimate of drug-likeness (QED) is 0.401. The lowest BCUT2D eigenvalue weighted by Gasteiger charge is -2.24. The van der Waals surface area contributed by atoms with E-state index in [1.54, 1.807) is 31.4 Å². The summed E-state index contributed by atoms with van der Waals surface area (Å²) in [6.45, 7) is 5.80. The molecule has 0 atom stereocenters. The number of hydrogen-bond donors (Lipinski definition) is 0. The Kier molecular flexibility index (Phi) is 7.00. The number of hydrogen-bond acceptors (Lipinski definition) is 6. The molecule has 0 N–H and O–H groups in total. The smallest absolute Gasteiger partial charge is 0.410 e. The molecule has 3 aromatic heterocycles. The Morgan fingerprint density at radius 2 is 2.00 bits per heavy atom. The summed E-state index contributed by atoms with van der Waals surface area (Å²) in [5.74, 6) is -0.544. The van der Waals surface area contributed by atoms with Crippen molar-refractivity contribution in [3.05, 3.63) is 58.7 Å². The second kappa shape index (κ2) is 9.32. The molecule has 0 aromatic carbocycles. The zero-order valence-corrected chi connectivity index (χ0v) is 19.4. The summed E-state index contributed by atoms with van der Waals surface area (Å²) < 4.78 is 20.7. The van der Waals surface area contributed by atoms with Crippen molar-refractivity contribution < 1.29 is 13.9 Å². The molecule has 0 saturated carbocycles. The van der Waals surface area contributed by atoms with Gasteiger partial charge in [-0.25, -0.2) is 14.8 Å². The fourth-order valence-corrected chi connectivity index (χ4v) is 5.30. The zero-order chi connectivity index (χ0) is 21.9. The molecule has 1 amide bonds. The number of carbonyl (C=O) groups excluding carboxylic acids is 1. The van der Waals surface area contributed by atoms with Crippen molar-refractivity contribution in [1.29, 1.82) is 0 Å². The Balaban J connectivity index is 1.92. The fraction of sp³-hybridized carbons (Fsp3) is 0.286. The molecule has 0 saturated heterocycles. The van der Waals surface area contributed by atoms with Crippen LogP contribution in [0.4, 0.5) is 9.18 Å². The number of rotatable bonds is 5.